The summed E-state index contributed by atoms with van der Waals surface area (Å²) in [5.41, 5.74) is 0.913. The second kappa shape index (κ2) is 4.82. The SMILES string of the molecule is O=C1c2ccccc2C(=O)c2c(OC[N+](=O)[O-])cccc21. The maximum absolute atomic E-state index is 12.5. The molecule has 0 aromatic heterocycles. The zero-order valence-corrected chi connectivity index (χ0v) is 10.7. The molecular formula is C15H9NO5. The molecule has 2 aromatic carbocycles. The quantitative estimate of drug-likeness (QED) is 0.417. The van der Waals surface area contributed by atoms with Gasteiger partial charge in [0.2, 0.25) is 0 Å². The van der Waals surface area contributed by atoms with Crippen molar-refractivity contribution in [3.8, 4) is 5.75 Å². The van der Waals surface area contributed by atoms with Crippen LogP contribution in [0.2, 0.25) is 0 Å². The summed E-state index contributed by atoms with van der Waals surface area (Å²) in [6.07, 6.45) is 0. The van der Waals surface area contributed by atoms with E-state index in [2.05, 4.69) is 0 Å². The molecule has 6 nitrogen and oxygen atoms in total. The van der Waals surface area contributed by atoms with Crippen LogP contribution in [0, 0.1) is 10.1 Å². The maximum atomic E-state index is 12.5. The smallest absolute Gasteiger partial charge is 0.344 e. The molecule has 0 unspecified atom stereocenters. The van der Waals surface area contributed by atoms with Crippen LogP contribution in [-0.2, 0) is 0 Å². The average Bonchev–Trinajstić information content (AvgIpc) is 2.50. The first-order chi connectivity index (χ1) is 10.1. The predicted molar refractivity (Wildman–Crippen MR) is 72.2 cm³/mol. The number of nitro groups is 1. The lowest BCUT2D eigenvalue weighted by Gasteiger charge is -2.19. The second-order valence-electron chi connectivity index (χ2n) is 4.49. The van der Waals surface area contributed by atoms with Gasteiger partial charge in [0.05, 0.1) is 10.5 Å². The van der Waals surface area contributed by atoms with Gasteiger partial charge in [-0.25, -0.2) is 0 Å². The standard InChI is InChI=1S/C15H9NO5/c17-14-9-4-1-2-5-10(9)15(18)13-11(14)6-3-7-12(13)21-8-16(19)20/h1-7H,8H2. The zero-order chi connectivity index (χ0) is 15.0. The van der Waals surface area contributed by atoms with E-state index in [0.717, 1.165) is 0 Å². The van der Waals surface area contributed by atoms with Crippen LogP contribution in [0.25, 0.3) is 0 Å². The Kier molecular flexibility index (Phi) is 2.98. The van der Waals surface area contributed by atoms with E-state index in [0.29, 0.717) is 5.56 Å². The molecular weight excluding hydrogens is 274 g/mol. The van der Waals surface area contributed by atoms with E-state index in [1.807, 2.05) is 0 Å². The molecule has 0 atom stereocenters. The largest absolute Gasteiger partial charge is 0.431 e. The molecule has 1 aliphatic rings. The molecule has 0 saturated carbocycles. The van der Waals surface area contributed by atoms with Gasteiger partial charge in [0.15, 0.2) is 11.6 Å². The first-order valence-electron chi connectivity index (χ1n) is 6.15. The van der Waals surface area contributed by atoms with Gasteiger partial charge in [0, 0.05) is 16.7 Å². The van der Waals surface area contributed by atoms with Crippen molar-refractivity contribution in [2.24, 2.45) is 0 Å². The van der Waals surface area contributed by atoms with E-state index >= 15 is 0 Å². The van der Waals surface area contributed by atoms with Gasteiger partial charge in [-0.15, -0.1) is 0 Å². The Morgan fingerprint density at radius 3 is 2.19 bits per heavy atom. The molecule has 1 aliphatic carbocycles. The van der Waals surface area contributed by atoms with E-state index in [1.165, 1.54) is 18.2 Å². The number of nitrogens with zero attached hydrogens (tertiary/aromatic N) is 1. The van der Waals surface area contributed by atoms with Gasteiger partial charge in [-0.05, 0) is 6.07 Å². The summed E-state index contributed by atoms with van der Waals surface area (Å²) >= 11 is 0. The summed E-state index contributed by atoms with van der Waals surface area (Å²) < 4.78 is 5.03. The lowest BCUT2D eigenvalue weighted by Crippen LogP contribution is -2.22. The topological polar surface area (TPSA) is 86.5 Å². The van der Waals surface area contributed by atoms with Crippen LogP contribution in [0.5, 0.6) is 5.75 Å². The fourth-order valence-electron chi connectivity index (χ4n) is 2.36. The normalized spacial score (nSPS) is 12.6. The van der Waals surface area contributed by atoms with Gasteiger partial charge in [0.25, 0.3) is 0 Å². The van der Waals surface area contributed by atoms with E-state index in [-0.39, 0.29) is 34.0 Å². The molecule has 0 spiro atoms. The highest BCUT2D eigenvalue weighted by Gasteiger charge is 2.32. The van der Waals surface area contributed by atoms with Crippen molar-refractivity contribution < 1.29 is 19.2 Å². The summed E-state index contributed by atoms with van der Waals surface area (Å²) in [5.74, 6) is -0.594. The number of hydrogen-bond donors (Lipinski definition) is 0. The van der Waals surface area contributed by atoms with E-state index in [1.54, 1.807) is 24.3 Å². The monoisotopic (exact) mass is 283 g/mol. The van der Waals surface area contributed by atoms with E-state index in [4.69, 9.17) is 4.74 Å². The van der Waals surface area contributed by atoms with Crippen molar-refractivity contribution in [2.45, 2.75) is 0 Å². The van der Waals surface area contributed by atoms with Crippen molar-refractivity contribution in [3.05, 3.63) is 74.8 Å². The summed E-state index contributed by atoms with van der Waals surface area (Å²) in [6.45, 7) is -0.764. The first-order valence-corrected chi connectivity index (χ1v) is 6.15. The molecule has 0 heterocycles. The Morgan fingerprint density at radius 1 is 0.905 bits per heavy atom. The first kappa shape index (κ1) is 13.0. The molecule has 0 bridgehead atoms. The molecule has 6 heteroatoms. The Morgan fingerprint density at radius 2 is 1.52 bits per heavy atom. The third kappa shape index (κ3) is 2.06. The van der Waals surface area contributed by atoms with Crippen LogP contribution in [0.4, 0.5) is 0 Å². The van der Waals surface area contributed by atoms with Crippen LogP contribution in [-0.4, -0.2) is 23.2 Å². The van der Waals surface area contributed by atoms with Crippen molar-refractivity contribution in [1.82, 2.24) is 0 Å². The summed E-state index contributed by atoms with van der Waals surface area (Å²) in [5, 5.41) is 10.4. The number of fused-ring (bicyclic) bond motifs is 2. The van der Waals surface area contributed by atoms with E-state index in [9.17, 15) is 19.7 Å². The van der Waals surface area contributed by atoms with Crippen molar-refractivity contribution in [3.63, 3.8) is 0 Å². The van der Waals surface area contributed by atoms with Crippen LogP contribution in [0.1, 0.15) is 31.8 Å². The van der Waals surface area contributed by atoms with Gasteiger partial charge in [-0.2, -0.15) is 0 Å². The highest BCUT2D eigenvalue weighted by atomic mass is 16.7. The molecule has 0 fully saturated rings. The highest BCUT2D eigenvalue weighted by molar-refractivity contribution is 6.29. The molecule has 2 aromatic rings. The Bertz CT molecular complexity index is 781. The molecule has 104 valence electrons. The lowest BCUT2D eigenvalue weighted by atomic mass is 9.84. The Balaban J connectivity index is 2.14. The number of hydrogen-bond acceptors (Lipinski definition) is 5. The second-order valence-corrected chi connectivity index (χ2v) is 4.49. The summed E-state index contributed by atoms with van der Waals surface area (Å²) in [4.78, 5) is 34.7. The minimum absolute atomic E-state index is 0.0528. The van der Waals surface area contributed by atoms with Crippen molar-refractivity contribution in [1.29, 1.82) is 0 Å². The van der Waals surface area contributed by atoms with Crippen LogP contribution in [0.15, 0.2) is 42.5 Å². The maximum Gasteiger partial charge on any atom is 0.344 e. The third-order valence-corrected chi connectivity index (χ3v) is 3.24. The predicted octanol–water partition coefficient (Wildman–Crippen LogP) is 2.07. The average molecular weight is 283 g/mol. The number of carbonyl (C=O) groups excluding carboxylic acids is 2. The molecule has 0 N–H and O–H groups in total. The minimum Gasteiger partial charge on any atom is -0.431 e. The van der Waals surface area contributed by atoms with Crippen LogP contribution in [0.3, 0.4) is 0 Å². The third-order valence-electron chi connectivity index (χ3n) is 3.24. The fourth-order valence-corrected chi connectivity index (χ4v) is 2.36. The minimum atomic E-state index is -0.764. The van der Waals surface area contributed by atoms with Crippen LogP contribution >= 0.6 is 0 Å². The van der Waals surface area contributed by atoms with Gasteiger partial charge in [-0.3, -0.25) is 19.7 Å². The number of benzene rings is 2. The Labute approximate surface area is 119 Å². The van der Waals surface area contributed by atoms with Gasteiger partial charge < -0.3 is 4.74 Å². The molecule has 21 heavy (non-hydrogen) atoms. The van der Waals surface area contributed by atoms with Gasteiger partial charge in [0.1, 0.15) is 5.75 Å². The number of carbonyl (C=O) groups is 2. The van der Waals surface area contributed by atoms with Crippen LogP contribution < -0.4 is 4.74 Å². The number of ether oxygens (including phenoxy) is 1. The molecule has 0 radical (unpaired) electrons. The molecule has 0 saturated heterocycles. The zero-order valence-electron chi connectivity index (χ0n) is 10.7. The van der Waals surface area contributed by atoms with Gasteiger partial charge in [-0.1, -0.05) is 36.4 Å². The Hall–Kier alpha value is -3.02. The highest BCUT2D eigenvalue weighted by Crippen LogP contribution is 2.33. The van der Waals surface area contributed by atoms with Crippen molar-refractivity contribution >= 4 is 11.6 Å². The summed E-state index contributed by atoms with van der Waals surface area (Å²) in [7, 11) is 0. The summed E-state index contributed by atoms with van der Waals surface area (Å²) in [6, 6.07) is 11.0. The number of rotatable bonds is 3. The van der Waals surface area contributed by atoms with E-state index < -0.39 is 11.7 Å². The van der Waals surface area contributed by atoms with Gasteiger partial charge >= 0.3 is 6.73 Å². The molecule has 3 rings (SSSR count). The molecule has 0 aliphatic heterocycles. The lowest BCUT2D eigenvalue weighted by molar-refractivity contribution is -0.514. The fraction of sp³-hybridized carbons (Fsp3) is 0.0667. The number of ketones is 2. The van der Waals surface area contributed by atoms with Crippen molar-refractivity contribution in [2.75, 3.05) is 6.73 Å². The molecule has 0 amide bonds.